The van der Waals surface area contributed by atoms with Crippen molar-refractivity contribution in [2.24, 2.45) is 0 Å². The van der Waals surface area contributed by atoms with Crippen LogP contribution >= 0.6 is 0 Å². The van der Waals surface area contributed by atoms with E-state index in [1.807, 2.05) is 18.2 Å². The van der Waals surface area contributed by atoms with Gasteiger partial charge in [0.15, 0.2) is 0 Å². The van der Waals surface area contributed by atoms with E-state index in [9.17, 15) is 4.79 Å². The molecular formula is C17H19NO2. The maximum absolute atomic E-state index is 12.0. The smallest absolute Gasteiger partial charge is 0.251 e. The zero-order valence-corrected chi connectivity index (χ0v) is 11.8. The second-order valence-corrected chi connectivity index (χ2v) is 4.73. The van der Waals surface area contributed by atoms with Gasteiger partial charge >= 0.3 is 0 Å². The van der Waals surface area contributed by atoms with Crippen molar-refractivity contribution in [3.05, 3.63) is 65.2 Å². The van der Waals surface area contributed by atoms with Crippen LogP contribution in [0.3, 0.4) is 0 Å². The summed E-state index contributed by atoms with van der Waals surface area (Å²) in [4.78, 5) is 12.0. The predicted molar refractivity (Wildman–Crippen MR) is 80.2 cm³/mol. The normalized spacial score (nSPS) is 10.1. The number of hydrogen-bond acceptors (Lipinski definition) is 2. The van der Waals surface area contributed by atoms with E-state index in [0.717, 1.165) is 6.42 Å². The molecule has 2 aromatic rings. The maximum atomic E-state index is 12.0. The van der Waals surface area contributed by atoms with Crippen molar-refractivity contribution in [3.8, 4) is 5.75 Å². The molecule has 104 valence electrons. The van der Waals surface area contributed by atoms with Gasteiger partial charge in [0.25, 0.3) is 5.91 Å². The van der Waals surface area contributed by atoms with E-state index in [2.05, 4.69) is 30.4 Å². The molecule has 0 aliphatic carbocycles. The van der Waals surface area contributed by atoms with Crippen molar-refractivity contribution in [3.63, 3.8) is 0 Å². The fraction of sp³-hybridized carbons (Fsp3) is 0.235. The molecule has 0 fully saturated rings. The monoisotopic (exact) mass is 269 g/mol. The summed E-state index contributed by atoms with van der Waals surface area (Å²) in [7, 11) is 1.59. The number of aryl methyl sites for hydroxylation is 1. The van der Waals surface area contributed by atoms with E-state index >= 15 is 0 Å². The van der Waals surface area contributed by atoms with E-state index in [1.165, 1.54) is 11.1 Å². The van der Waals surface area contributed by atoms with Crippen molar-refractivity contribution < 1.29 is 9.53 Å². The van der Waals surface area contributed by atoms with Gasteiger partial charge in [-0.15, -0.1) is 0 Å². The van der Waals surface area contributed by atoms with Gasteiger partial charge < -0.3 is 10.1 Å². The molecule has 2 aromatic carbocycles. The number of carbonyl (C=O) groups is 1. The Balaban J connectivity index is 1.89. The minimum Gasteiger partial charge on any atom is -0.497 e. The Bertz CT molecular complexity index is 593. The Morgan fingerprint density at radius 3 is 2.70 bits per heavy atom. The summed E-state index contributed by atoms with van der Waals surface area (Å²) in [5, 5.41) is 2.92. The van der Waals surface area contributed by atoms with Crippen LogP contribution in [0, 0.1) is 6.92 Å². The highest BCUT2D eigenvalue weighted by Crippen LogP contribution is 2.12. The number of ether oxygens (including phenoxy) is 1. The van der Waals surface area contributed by atoms with E-state index in [-0.39, 0.29) is 5.91 Å². The largest absolute Gasteiger partial charge is 0.497 e. The number of nitrogens with one attached hydrogen (secondary N) is 1. The van der Waals surface area contributed by atoms with Crippen LogP contribution in [0.1, 0.15) is 21.5 Å². The minimum atomic E-state index is -0.0726. The summed E-state index contributed by atoms with van der Waals surface area (Å²) < 4.78 is 5.11. The quantitative estimate of drug-likeness (QED) is 0.906. The number of rotatable bonds is 5. The van der Waals surface area contributed by atoms with Crippen LogP contribution in [-0.4, -0.2) is 19.6 Å². The van der Waals surface area contributed by atoms with Gasteiger partial charge in [0.2, 0.25) is 0 Å². The van der Waals surface area contributed by atoms with Crippen molar-refractivity contribution in [1.82, 2.24) is 5.32 Å². The highest BCUT2D eigenvalue weighted by atomic mass is 16.5. The van der Waals surface area contributed by atoms with Gasteiger partial charge in [-0.3, -0.25) is 4.79 Å². The van der Waals surface area contributed by atoms with Gasteiger partial charge in [-0.1, -0.05) is 35.9 Å². The summed E-state index contributed by atoms with van der Waals surface area (Å²) in [5.74, 6) is 0.618. The Morgan fingerprint density at radius 1 is 1.15 bits per heavy atom. The standard InChI is InChI=1S/C17H19NO2/c1-13-5-3-6-14(11-13)9-10-18-17(19)15-7-4-8-16(12-15)20-2/h3-8,11-12H,9-10H2,1-2H3,(H,18,19). The van der Waals surface area contributed by atoms with Crippen LogP contribution in [0.25, 0.3) is 0 Å². The molecule has 1 amide bonds. The Morgan fingerprint density at radius 2 is 1.95 bits per heavy atom. The second-order valence-electron chi connectivity index (χ2n) is 4.73. The summed E-state index contributed by atoms with van der Waals surface area (Å²) in [6, 6.07) is 15.5. The molecule has 0 aromatic heterocycles. The average molecular weight is 269 g/mol. The fourth-order valence-electron chi connectivity index (χ4n) is 2.05. The molecule has 0 heterocycles. The maximum Gasteiger partial charge on any atom is 0.251 e. The zero-order chi connectivity index (χ0) is 14.4. The third-order valence-corrected chi connectivity index (χ3v) is 3.11. The number of hydrogen-bond donors (Lipinski definition) is 1. The molecule has 0 saturated carbocycles. The molecule has 3 nitrogen and oxygen atoms in total. The third-order valence-electron chi connectivity index (χ3n) is 3.11. The molecule has 0 aliphatic heterocycles. The summed E-state index contributed by atoms with van der Waals surface area (Å²) >= 11 is 0. The lowest BCUT2D eigenvalue weighted by atomic mass is 10.1. The lowest BCUT2D eigenvalue weighted by Gasteiger charge is -2.07. The van der Waals surface area contributed by atoms with Crippen molar-refractivity contribution in [2.45, 2.75) is 13.3 Å². The average Bonchev–Trinajstić information content (AvgIpc) is 2.47. The molecule has 0 aliphatic rings. The Kier molecular flexibility index (Phi) is 4.77. The zero-order valence-electron chi connectivity index (χ0n) is 11.8. The van der Waals surface area contributed by atoms with Crippen molar-refractivity contribution in [2.75, 3.05) is 13.7 Å². The van der Waals surface area contributed by atoms with E-state index in [0.29, 0.717) is 17.9 Å². The van der Waals surface area contributed by atoms with Gasteiger partial charge in [-0.2, -0.15) is 0 Å². The SMILES string of the molecule is COc1cccc(C(=O)NCCc2cccc(C)c2)c1. The highest BCUT2D eigenvalue weighted by molar-refractivity contribution is 5.94. The lowest BCUT2D eigenvalue weighted by Crippen LogP contribution is -2.25. The minimum absolute atomic E-state index is 0.0726. The molecule has 0 spiro atoms. The Hall–Kier alpha value is -2.29. The first-order valence-corrected chi connectivity index (χ1v) is 6.67. The van der Waals surface area contributed by atoms with Crippen LogP contribution in [0.2, 0.25) is 0 Å². The van der Waals surface area contributed by atoms with E-state index in [4.69, 9.17) is 4.74 Å². The first-order chi connectivity index (χ1) is 9.69. The summed E-state index contributed by atoms with van der Waals surface area (Å²) in [6.07, 6.45) is 0.831. The Labute approximate surface area is 119 Å². The summed E-state index contributed by atoms with van der Waals surface area (Å²) in [6.45, 7) is 2.69. The summed E-state index contributed by atoms with van der Waals surface area (Å²) in [5.41, 5.74) is 3.09. The topological polar surface area (TPSA) is 38.3 Å². The predicted octanol–water partition coefficient (Wildman–Crippen LogP) is 2.98. The number of amides is 1. The van der Waals surface area contributed by atoms with Crippen molar-refractivity contribution in [1.29, 1.82) is 0 Å². The van der Waals surface area contributed by atoms with Gasteiger partial charge in [-0.05, 0) is 37.1 Å². The van der Waals surface area contributed by atoms with Gasteiger partial charge in [0.05, 0.1) is 7.11 Å². The number of carbonyl (C=O) groups excluding carboxylic acids is 1. The van der Waals surface area contributed by atoms with Gasteiger partial charge in [0, 0.05) is 12.1 Å². The van der Waals surface area contributed by atoms with Gasteiger partial charge in [-0.25, -0.2) is 0 Å². The first kappa shape index (κ1) is 14.1. The molecule has 2 rings (SSSR count). The van der Waals surface area contributed by atoms with Crippen LogP contribution in [0.4, 0.5) is 0 Å². The lowest BCUT2D eigenvalue weighted by molar-refractivity contribution is 0.0954. The molecule has 0 unspecified atom stereocenters. The molecule has 0 atom stereocenters. The van der Waals surface area contributed by atoms with Crippen molar-refractivity contribution >= 4 is 5.91 Å². The van der Waals surface area contributed by atoms with E-state index < -0.39 is 0 Å². The van der Waals surface area contributed by atoms with Crippen LogP contribution < -0.4 is 10.1 Å². The molecule has 3 heteroatoms. The van der Waals surface area contributed by atoms with Crippen LogP contribution in [0.15, 0.2) is 48.5 Å². The molecule has 0 bridgehead atoms. The third kappa shape index (κ3) is 3.85. The molecular weight excluding hydrogens is 250 g/mol. The molecule has 0 saturated heterocycles. The molecule has 20 heavy (non-hydrogen) atoms. The second kappa shape index (κ2) is 6.75. The first-order valence-electron chi connectivity index (χ1n) is 6.67. The number of methoxy groups -OCH3 is 1. The van der Waals surface area contributed by atoms with Crippen LogP contribution in [-0.2, 0) is 6.42 Å². The van der Waals surface area contributed by atoms with E-state index in [1.54, 1.807) is 19.2 Å². The van der Waals surface area contributed by atoms with Crippen LogP contribution in [0.5, 0.6) is 5.75 Å². The molecule has 1 N–H and O–H groups in total. The van der Waals surface area contributed by atoms with Gasteiger partial charge in [0.1, 0.15) is 5.75 Å². The fourth-order valence-corrected chi connectivity index (χ4v) is 2.05. The number of benzene rings is 2. The molecule has 0 radical (unpaired) electrons. The highest BCUT2D eigenvalue weighted by Gasteiger charge is 2.05.